The number of nitrogens with one attached hydrogen (secondary N) is 1. The minimum absolute atomic E-state index is 0. The molecule has 2 aromatic rings. The summed E-state index contributed by atoms with van der Waals surface area (Å²) in [5, 5.41) is 3.29. The molecule has 0 aliphatic rings. The molecule has 0 bridgehead atoms. The number of hydrogen-bond acceptors (Lipinski definition) is 1. The van der Waals surface area contributed by atoms with Crippen molar-refractivity contribution in [2.45, 2.75) is 0 Å². The summed E-state index contributed by atoms with van der Waals surface area (Å²) in [7, 11) is 1.79. The predicted octanol–water partition coefficient (Wildman–Crippen LogP) is 3.60. The molecule has 0 atom stereocenters. The van der Waals surface area contributed by atoms with Gasteiger partial charge in [-0.15, -0.1) is 12.4 Å². The monoisotopic (exact) mass is 246 g/mol. The summed E-state index contributed by atoms with van der Waals surface area (Å²) in [6.07, 6.45) is 0. The van der Waals surface area contributed by atoms with Gasteiger partial charge in [-0.1, -0.05) is 48.5 Å². The number of benzene rings is 2. The Kier molecular flexibility index (Phi) is 5.24. The summed E-state index contributed by atoms with van der Waals surface area (Å²) in [4.78, 5) is 4.26. The fourth-order valence-corrected chi connectivity index (χ4v) is 1.51. The van der Waals surface area contributed by atoms with Crippen molar-refractivity contribution in [2.24, 2.45) is 4.99 Å². The molecule has 0 aliphatic carbocycles. The van der Waals surface area contributed by atoms with Crippen LogP contribution in [0, 0.1) is 0 Å². The molecule has 0 unspecified atom stereocenters. The van der Waals surface area contributed by atoms with Gasteiger partial charge >= 0.3 is 0 Å². The molecule has 0 radical (unpaired) electrons. The van der Waals surface area contributed by atoms with Crippen LogP contribution >= 0.6 is 12.4 Å². The van der Waals surface area contributed by atoms with Crippen LogP contribution in [-0.2, 0) is 0 Å². The van der Waals surface area contributed by atoms with Crippen molar-refractivity contribution in [3.05, 3.63) is 66.2 Å². The molecule has 17 heavy (non-hydrogen) atoms. The lowest BCUT2D eigenvalue weighted by molar-refractivity contribution is 1.40. The quantitative estimate of drug-likeness (QED) is 0.636. The van der Waals surface area contributed by atoms with Gasteiger partial charge in [-0.25, -0.2) is 0 Å². The summed E-state index contributed by atoms with van der Waals surface area (Å²) in [6, 6.07) is 20.1. The Hall–Kier alpha value is -1.80. The van der Waals surface area contributed by atoms with Gasteiger partial charge in [0.1, 0.15) is 5.84 Å². The summed E-state index contributed by atoms with van der Waals surface area (Å²) < 4.78 is 0. The second kappa shape index (κ2) is 6.71. The van der Waals surface area contributed by atoms with Crippen LogP contribution in [0.5, 0.6) is 0 Å². The summed E-state index contributed by atoms with van der Waals surface area (Å²) in [6.45, 7) is 0. The molecule has 0 amide bonds. The van der Waals surface area contributed by atoms with Crippen molar-refractivity contribution >= 4 is 23.9 Å². The van der Waals surface area contributed by atoms with Gasteiger partial charge in [0.2, 0.25) is 0 Å². The third-order valence-corrected chi connectivity index (χ3v) is 2.31. The van der Waals surface area contributed by atoms with Crippen LogP contribution in [0.25, 0.3) is 0 Å². The second-order valence-corrected chi connectivity index (χ2v) is 3.43. The third kappa shape index (κ3) is 3.61. The largest absolute Gasteiger partial charge is 0.340 e. The Morgan fingerprint density at radius 3 is 1.94 bits per heavy atom. The van der Waals surface area contributed by atoms with Crippen molar-refractivity contribution in [1.82, 2.24) is 0 Å². The first-order chi connectivity index (χ1) is 7.90. The molecule has 0 saturated carbocycles. The summed E-state index contributed by atoms with van der Waals surface area (Å²) in [5.41, 5.74) is 2.14. The Morgan fingerprint density at radius 2 is 1.41 bits per heavy atom. The SMILES string of the molecule is CN=C(Nc1ccccc1)c1ccccc1.Cl. The van der Waals surface area contributed by atoms with Crippen LogP contribution in [0.15, 0.2) is 65.7 Å². The number of para-hydroxylation sites is 1. The highest BCUT2D eigenvalue weighted by atomic mass is 35.5. The first-order valence-corrected chi connectivity index (χ1v) is 5.24. The van der Waals surface area contributed by atoms with E-state index >= 15 is 0 Å². The molecule has 1 N–H and O–H groups in total. The lowest BCUT2D eigenvalue weighted by Gasteiger charge is -2.09. The van der Waals surface area contributed by atoms with Gasteiger partial charge in [-0.05, 0) is 12.1 Å². The highest BCUT2D eigenvalue weighted by Crippen LogP contribution is 2.08. The van der Waals surface area contributed by atoms with Gasteiger partial charge in [0, 0.05) is 18.3 Å². The third-order valence-electron chi connectivity index (χ3n) is 2.31. The first-order valence-electron chi connectivity index (χ1n) is 5.24. The standard InChI is InChI=1S/C14H14N2.ClH/c1-15-14(12-8-4-2-5-9-12)16-13-10-6-3-7-11-13;/h2-11H,1H3,(H,15,16);1H. The van der Waals surface area contributed by atoms with Gasteiger partial charge in [0.25, 0.3) is 0 Å². The van der Waals surface area contributed by atoms with Crippen LogP contribution in [0.3, 0.4) is 0 Å². The van der Waals surface area contributed by atoms with E-state index < -0.39 is 0 Å². The molecule has 0 spiro atoms. The van der Waals surface area contributed by atoms with E-state index in [1.54, 1.807) is 7.05 Å². The fraction of sp³-hybridized carbons (Fsp3) is 0.0714. The van der Waals surface area contributed by atoms with Crippen molar-refractivity contribution in [3.63, 3.8) is 0 Å². The van der Waals surface area contributed by atoms with Gasteiger partial charge in [0.15, 0.2) is 0 Å². The fourth-order valence-electron chi connectivity index (χ4n) is 1.51. The van der Waals surface area contributed by atoms with Crippen LogP contribution in [-0.4, -0.2) is 12.9 Å². The molecular formula is C14H15ClN2. The molecule has 3 heteroatoms. The highest BCUT2D eigenvalue weighted by Gasteiger charge is 2.01. The van der Waals surface area contributed by atoms with E-state index in [1.165, 1.54) is 0 Å². The number of anilines is 1. The zero-order chi connectivity index (χ0) is 11.2. The normalized spacial score (nSPS) is 10.5. The molecule has 2 rings (SSSR count). The molecule has 2 nitrogen and oxygen atoms in total. The molecule has 0 aliphatic heterocycles. The topological polar surface area (TPSA) is 24.4 Å². The second-order valence-electron chi connectivity index (χ2n) is 3.43. The van der Waals surface area contributed by atoms with Crippen molar-refractivity contribution in [3.8, 4) is 0 Å². The number of halogens is 1. The smallest absolute Gasteiger partial charge is 0.132 e. The van der Waals surface area contributed by atoms with Gasteiger partial charge in [0.05, 0.1) is 0 Å². The summed E-state index contributed by atoms with van der Waals surface area (Å²) in [5.74, 6) is 0.881. The maximum atomic E-state index is 4.26. The van der Waals surface area contributed by atoms with E-state index in [1.807, 2.05) is 60.7 Å². The zero-order valence-corrected chi connectivity index (χ0v) is 10.4. The lowest BCUT2D eigenvalue weighted by atomic mass is 10.2. The van der Waals surface area contributed by atoms with Crippen LogP contribution in [0.4, 0.5) is 5.69 Å². The maximum Gasteiger partial charge on any atom is 0.132 e. The van der Waals surface area contributed by atoms with E-state index in [9.17, 15) is 0 Å². The van der Waals surface area contributed by atoms with E-state index in [-0.39, 0.29) is 12.4 Å². The molecule has 0 saturated heterocycles. The number of nitrogens with zero attached hydrogens (tertiary/aromatic N) is 1. The van der Waals surface area contributed by atoms with Crippen LogP contribution in [0.2, 0.25) is 0 Å². The van der Waals surface area contributed by atoms with Gasteiger partial charge in [-0.3, -0.25) is 4.99 Å². The zero-order valence-electron chi connectivity index (χ0n) is 9.63. The van der Waals surface area contributed by atoms with Crippen molar-refractivity contribution < 1.29 is 0 Å². The van der Waals surface area contributed by atoms with E-state index in [0.717, 1.165) is 17.1 Å². The Bertz CT molecular complexity index is 466. The average Bonchev–Trinajstić information content (AvgIpc) is 2.38. The molecule has 88 valence electrons. The van der Waals surface area contributed by atoms with Crippen molar-refractivity contribution in [1.29, 1.82) is 0 Å². The predicted molar refractivity (Wildman–Crippen MR) is 76.2 cm³/mol. The Labute approximate surface area is 108 Å². The number of aliphatic imine (C=N–C) groups is 1. The highest BCUT2D eigenvalue weighted by molar-refractivity contribution is 6.08. The molecule has 0 aromatic heterocycles. The van der Waals surface area contributed by atoms with Gasteiger partial charge < -0.3 is 5.32 Å². The summed E-state index contributed by atoms with van der Waals surface area (Å²) >= 11 is 0. The Morgan fingerprint density at radius 1 is 0.882 bits per heavy atom. The van der Waals surface area contributed by atoms with Crippen molar-refractivity contribution in [2.75, 3.05) is 12.4 Å². The molecule has 2 aromatic carbocycles. The van der Waals surface area contributed by atoms with Gasteiger partial charge in [-0.2, -0.15) is 0 Å². The molecule has 0 fully saturated rings. The van der Waals surface area contributed by atoms with E-state index in [2.05, 4.69) is 10.3 Å². The first kappa shape index (κ1) is 13.3. The lowest BCUT2D eigenvalue weighted by Crippen LogP contribution is -2.13. The average molecular weight is 247 g/mol. The number of hydrogen-bond donors (Lipinski definition) is 1. The van der Waals surface area contributed by atoms with E-state index in [4.69, 9.17) is 0 Å². The molecule has 0 heterocycles. The maximum absolute atomic E-state index is 4.26. The number of amidine groups is 1. The Balaban J connectivity index is 0.00000144. The van der Waals surface area contributed by atoms with Crippen LogP contribution in [0.1, 0.15) is 5.56 Å². The minimum atomic E-state index is 0. The number of rotatable bonds is 2. The van der Waals surface area contributed by atoms with Crippen LogP contribution < -0.4 is 5.32 Å². The minimum Gasteiger partial charge on any atom is -0.340 e. The van der Waals surface area contributed by atoms with E-state index in [0.29, 0.717) is 0 Å². The molecular weight excluding hydrogens is 232 g/mol.